The van der Waals surface area contributed by atoms with E-state index in [1.807, 2.05) is 67.5 Å². The summed E-state index contributed by atoms with van der Waals surface area (Å²) in [4.78, 5) is 127. The van der Waals surface area contributed by atoms with Crippen molar-refractivity contribution in [3.63, 3.8) is 0 Å². The molecule has 41 heteroatoms. The van der Waals surface area contributed by atoms with Crippen molar-refractivity contribution in [3.05, 3.63) is 100 Å². The molecule has 5 fully saturated rings. The van der Waals surface area contributed by atoms with Crippen LogP contribution in [0.5, 0.6) is 0 Å². The first-order valence-corrected chi connectivity index (χ1v) is 47.7. The van der Waals surface area contributed by atoms with E-state index in [1.165, 1.54) is 31.0 Å². The molecule has 10 aliphatic rings. The number of alkyl halides is 2. The second-order valence-electron chi connectivity index (χ2n) is 36.7. The lowest BCUT2D eigenvalue weighted by Crippen LogP contribution is -2.71. The Bertz CT molecular complexity index is 4500. The number of fused-ring (bicyclic) bond motifs is 11. The number of ether oxygens (including phenoxy) is 11. The van der Waals surface area contributed by atoms with Crippen molar-refractivity contribution in [2.45, 2.75) is 242 Å². The molecule has 3 saturated carbocycles. The zero-order chi connectivity index (χ0) is 96.6. The summed E-state index contributed by atoms with van der Waals surface area (Å²) in [6, 6.07) is 11.8. The summed E-state index contributed by atoms with van der Waals surface area (Å²) in [5.41, 5.74) is 11.7. The summed E-state index contributed by atoms with van der Waals surface area (Å²) in [6.07, 6.45) is -5.23. The third-order valence-corrected chi connectivity index (χ3v) is 27.4. The van der Waals surface area contributed by atoms with Crippen molar-refractivity contribution in [2.24, 2.45) is 28.6 Å². The summed E-state index contributed by atoms with van der Waals surface area (Å²) >= 11 is 0. The number of unbranched alkanes of at least 4 members (excludes halogenated alkanes) is 1. The van der Waals surface area contributed by atoms with Crippen molar-refractivity contribution >= 4 is 70.0 Å². The topological polar surface area (TPSA) is 498 Å². The number of nitrogens with one attached hydrogen (secondary N) is 11. The van der Waals surface area contributed by atoms with Crippen LogP contribution in [0.15, 0.2) is 83.7 Å². The number of carbonyl (C=O) groups is 9. The zero-order valence-corrected chi connectivity index (χ0v) is 78.5. The van der Waals surface area contributed by atoms with Gasteiger partial charge < -0.3 is 131 Å². The number of aliphatic hydroxyl groups is 5. The van der Waals surface area contributed by atoms with Gasteiger partial charge in [0.05, 0.1) is 159 Å². The second kappa shape index (κ2) is 49.8. The zero-order valence-electron chi connectivity index (χ0n) is 78.5. The number of anilines is 1. The van der Waals surface area contributed by atoms with Crippen molar-refractivity contribution in [2.75, 3.05) is 150 Å². The SMILES string of the molecule is CCCC1O[C@@H]2C[C@H]3[C@@H]4C[C@H](F)C5=CC(=O)C=C[C@]5(C)[C@@]4(F)[C@@H](O)C[C@]3(C)[C@]2(C(=O)CNC(=O)[C@H](C)NC(=O)[C@@H](NC(=O)[C@@H](CCCCNC(=O)COC2CCCCCC3=C2NNN3[C@@H]2O[C@H](CO)[C@H](O)[C@H](O)[C@H]2O)NC(=O)CCOCCOCCOCCOCCNC(=O)CCC(=O)N2Cc3ccccc3C3=C(NNN3CCOCCOCCOCCNC)c3ccccc32)C(C)C)O1. The number of ketones is 2. The van der Waals surface area contributed by atoms with Crippen LogP contribution in [0, 0.1) is 28.6 Å². The number of rotatable bonds is 52. The van der Waals surface area contributed by atoms with Crippen LogP contribution in [0.4, 0.5) is 14.5 Å². The Morgan fingerprint density at radius 2 is 1.35 bits per heavy atom. The molecule has 0 aromatic heterocycles. The van der Waals surface area contributed by atoms with Gasteiger partial charge in [0.2, 0.25) is 41.4 Å². The molecule has 12 rings (SSSR count). The Hall–Kier alpha value is -8.67. The highest BCUT2D eigenvalue weighted by atomic mass is 19.1. The number of likely N-dealkylation sites (N-methyl/N-ethyl adjacent to an activating group) is 1. The van der Waals surface area contributed by atoms with Crippen LogP contribution >= 0.6 is 0 Å². The monoisotopic (exact) mass is 1900 g/mol. The molecular weight excluding hydrogens is 1760 g/mol. The van der Waals surface area contributed by atoms with Crippen LogP contribution in [-0.4, -0.2) is 325 Å². The van der Waals surface area contributed by atoms with Gasteiger partial charge in [-0.2, -0.15) is 0 Å². The molecule has 135 heavy (non-hydrogen) atoms. The van der Waals surface area contributed by atoms with Crippen LogP contribution in [0.2, 0.25) is 0 Å². The van der Waals surface area contributed by atoms with Gasteiger partial charge in [-0.3, -0.25) is 53.2 Å². The van der Waals surface area contributed by atoms with Crippen LogP contribution < -0.4 is 64.0 Å². The molecule has 5 aliphatic heterocycles. The molecule has 0 spiro atoms. The van der Waals surface area contributed by atoms with E-state index in [1.54, 1.807) is 25.7 Å². The van der Waals surface area contributed by atoms with Gasteiger partial charge in [0.1, 0.15) is 61.4 Å². The van der Waals surface area contributed by atoms with Gasteiger partial charge >= 0.3 is 0 Å². The summed E-state index contributed by atoms with van der Waals surface area (Å²) in [5.74, 6) is -7.45. The molecule has 0 radical (unpaired) electrons. The van der Waals surface area contributed by atoms with Crippen molar-refractivity contribution in [3.8, 4) is 0 Å². The fourth-order valence-electron chi connectivity index (χ4n) is 20.3. The Kier molecular flexibility index (Phi) is 38.8. The molecule has 39 nitrogen and oxygen atoms in total. The number of allylic oxidation sites excluding steroid dienone is 5. The van der Waals surface area contributed by atoms with E-state index in [-0.39, 0.29) is 148 Å². The van der Waals surface area contributed by atoms with Crippen LogP contribution in [-0.2, 0) is 102 Å². The highest BCUT2D eigenvalue weighted by Gasteiger charge is 2.80. The first-order valence-electron chi connectivity index (χ1n) is 47.7. The first kappa shape index (κ1) is 105. The number of carbonyl (C=O) groups excluding carboxylic acids is 9. The standard InChI is InChI=1S/C94H140F2N14O25/c1-8-18-79-134-74-51-63-64-50-66(95)65-49-60(112)28-30-91(65,5)93(64,96)72(113)52-92(63,6)94(74,135-79)73(114)53-100-87(122)58(4)101-89(124)80(57(2)3)103-88(123)67(22-16-17-31-98-77(117)56-132-70-25-11-9-10-24-69-82(70)105-107-110(69)90-86(121)85(120)84(119)71(55-111)133-90)102-76(116)29-35-125-39-43-129-47-48-131-45-41-127-37-33-99-75(115)26-27-78(118)108-54-59-19-12-13-20-61(59)83-81(62-21-14-15-23-68(62)108)104-106-109(83)34-38-128-42-46-130-44-40-126-36-32-97-7/h12-15,19-21,23,28,30,49,57-58,63-64,66-67,70-72,74,79-80,84-86,90,97,104-107,111,113,119-121H,8-11,16-18,22,24-27,29,31-48,50-56H2,1-7H3,(H,98,117)(H,99,115)(H,100,122)(H,101,124)(H,102,116)(H,103,123)/t58-,63-,64-,66-,67+,70?,71+,72-,74+,79?,80-,84-,85-,86+,90+,91-,92-,93-,94+/m0/s1. The quantitative estimate of drug-likeness (QED) is 0.0415. The summed E-state index contributed by atoms with van der Waals surface area (Å²) < 4.78 is 99.6. The number of amides is 7. The molecule has 2 unspecified atom stereocenters. The molecule has 2 saturated heterocycles. The van der Waals surface area contributed by atoms with E-state index >= 15 is 13.6 Å². The van der Waals surface area contributed by atoms with E-state index in [4.69, 9.17) is 52.1 Å². The predicted octanol–water partition coefficient (Wildman–Crippen LogP) is 1.30. The van der Waals surface area contributed by atoms with Gasteiger partial charge in [0, 0.05) is 66.8 Å². The van der Waals surface area contributed by atoms with E-state index < -0.39 is 174 Å². The molecule has 750 valence electrons. The summed E-state index contributed by atoms with van der Waals surface area (Å²) in [6.45, 7) is 14.4. The molecule has 2 aromatic carbocycles. The number of Topliss-reactive ketones (excluding diaryl/α,β-unsaturated/α-hetero) is 1. The number of halogens is 2. The fraction of sp³-hybridized carbons (Fsp3) is 0.691. The smallest absolute Gasteiger partial charge is 0.246 e. The van der Waals surface area contributed by atoms with Gasteiger partial charge in [-0.1, -0.05) is 95.5 Å². The van der Waals surface area contributed by atoms with E-state index in [2.05, 4.69) is 59.1 Å². The number of para-hydroxylation sites is 1. The number of aliphatic hydroxyl groups excluding tert-OH is 5. The Balaban J connectivity index is 0.571. The molecule has 5 aliphatic carbocycles. The number of hydrogen-bond acceptors (Lipinski definition) is 32. The maximum Gasteiger partial charge on any atom is 0.246 e. The largest absolute Gasteiger partial charge is 0.394 e. The Morgan fingerprint density at radius 1 is 0.674 bits per heavy atom. The van der Waals surface area contributed by atoms with E-state index in [9.17, 15) is 63.9 Å². The van der Waals surface area contributed by atoms with Crippen LogP contribution in [0.1, 0.15) is 161 Å². The lowest BCUT2D eigenvalue weighted by molar-refractivity contribution is -0.266. The number of hydrazine groups is 4. The molecule has 0 bridgehead atoms. The minimum absolute atomic E-state index is 0.0327. The Labute approximate surface area is 786 Å². The first-order chi connectivity index (χ1) is 65.0. The maximum atomic E-state index is 18.2. The normalized spacial score (nSPS) is 28.4. The third kappa shape index (κ3) is 25.0. The average Bonchev–Trinajstić information content (AvgIpc) is 1.45. The van der Waals surface area contributed by atoms with Crippen molar-refractivity contribution < 1.29 is 130 Å². The molecular formula is C94H140F2N14O25. The third-order valence-electron chi connectivity index (χ3n) is 27.4. The Morgan fingerprint density at radius 3 is 2.05 bits per heavy atom. The van der Waals surface area contributed by atoms with Crippen LogP contribution in [0.25, 0.3) is 11.4 Å². The van der Waals surface area contributed by atoms with E-state index in [0.717, 1.165) is 60.0 Å². The highest BCUT2D eigenvalue weighted by molar-refractivity contribution is 6.04. The maximum absolute atomic E-state index is 18.2. The average molecular weight is 1900 g/mol. The van der Waals surface area contributed by atoms with Crippen molar-refractivity contribution in [1.29, 1.82) is 0 Å². The van der Waals surface area contributed by atoms with Crippen LogP contribution in [0.3, 0.4) is 0 Å². The molecule has 7 amide bonds. The summed E-state index contributed by atoms with van der Waals surface area (Å²) in [7, 11) is 1.87. The minimum atomic E-state index is -2.44. The van der Waals surface area contributed by atoms with Gasteiger partial charge in [-0.05, 0) is 126 Å². The highest BCUT2D eigenvalue weighted by Crippen LogP contribution is 2.72. The fourth-order valence-corrected chi connectivity index (χ4v) is 20.3. The van der Waals surface area contributed by atoms with Gasteiger partial charge in [0.25, 0.3) is 0 Å². The van der Waals surface area contributed by atoms with Crippen molar-refractivity contribution in [1.82, 2.24) is 69.2 Å². The van der Waals surface area contributed by atoms with Gasteiger partial charge in [-0.15, -0.1) is 11.1 Å². The molecule has 16 N–H and O–H groups in total. The van der Waals surface area contributed by atoms with Gasteiger partial charge in [-0.25, -0.2) is 8.78 Å². The molecule has 19 atom stereocenters. The lowest BCUT2D eigenvalue weighted by Gasteiger charge is -2.63. The second-order valence-corrected chi connectivity index (χ2v) is 36.7. The number of hydrogen-bond donors (Lipinski definition) is 16. The van der Waals surface area contributed by atoms with E-state index in [0.29, 0.717) is 95.4 Å². The minimum Gasteiger partial charge on any atom is -0.394 e. The van der Waals surface area contributed by atoms with Gasteiger partial charge in [0.15, 0.2) is 35.4 Å². The number of nitrogens with zero attached hydrogens (tertiary/aromatic N) is 3. The lowest BCUT2D eigenvalue weighted by atomic mass is 9.44. The molecule has 5 heterocycles. The summed E-state index contributed by atoms with van der Waals surface area (Å²) in [5, 5.41) is 77.0. The predicted molar refractivity (Wildman–Crippen MR) is 485 cm³/mol. The molecule has 2 aromatic rings. The number of benzene rings is 2.